The molecule has 1 aromatic heterocycles. The second-order valence-corrected chi connectivity index (χ2v) is 6.39. The third-order valence-corrected chi connectivity index (χ3v) is 3.56. The second-order valence-electron chi connectivity index (χ2n) is 4.13. The van der Waals surface area contributed by atoms with Crippen LogP contribution in [0.4, 0.5) is 0 Å². The smallest absolute Gasteiger partial charge is 0.147 e. The number of furan rings is 1. The molecule has 0 aliphatic rings. The van der Waals surface area contributed by atoms with Gasteiger partial charge in [0.15, 0.2) is 0 Å². The molecule has 0 aliphatic heterocycles. The zero-order valence-corrected chi connectivity index (χ0v) is 11.0. The molecule has 92 valence electrons. The molecule has 1 atom stereocenters. The van der Waals surface area contributed by atoms with Crippen LogP contribution in [0.15, 0.2) is 10.5 Å². The van der Waals surface area contributed by atoms with Crippen molar-refractivity contribution in [3.8, 4) is 0 Å². The minimum absolute atomic E-state index is 0.0344. The Morgan fingerprint density at radius 2 is 2.06 bits per heavy atom. The van der Waals surface area contributed by atoms with Gasteiger partial charge in [-0.15, -0.1) is 0 Å². The summed E-state index contributed by atoms with van der Waals surface area (Å²) < 4.78 is 27.7. The van der Waals surface area contributed by atoms with E-state index in [0.29, 0.717) is 6.42 Å². The molecule has 1 unspecified atom stereocenters. The van der Waals surface area contributed by atoms with E-state index in [1.165, 1.54) is 6.26 Å². The SMILES string of the molecule is CNC(CCS(C)(=O)=O)c1cc(C)oc1C. The van der Waals surface area contributed by atoms with E-state index in [1.807, 2.05) is 27.0 Å². The van der Waals surface area contributed by atoms with E-state index in [4.69, 9.17) is 4.42 Å². The standard InChI is InChI=1S/C11H19NO3S/c1-8-7-10(9(2)15-8)11(12-3)5-6-16(4,13)14/h7,11-12H,5-6H2,1-4H3. The number of aryl methyl sites for hydroxylation is 2. The van der Waals surface area contributed by atoms with Crippen molar-refractivity contribution in [1.82, 2.24) is 5.32 Å². The fraction of sp³-hybridized carbons (Fsp3) is 0.636. The molecule has 16 heavy (non-hydrogen) atoms. The highest BCUT2D eigenvalue weighted by atomic mass is 32.2. The summed E-state index contributed by atoms with van der Waals surface area (Å²) in [7, 11) is -1.09. The largest absolute Gasteiger partial charge is 0.466 e. The fourth-order valence-electron chi connectivity index (χ4n) is 1.78. The molecular weight excluding hydrogens is 226 g/mol. The summed E-state index contributed by atoms with van der Waals surface area (Å²) in [5.41, 5.74) is 1.05. The van der Waals surface area contributed by atoms with Crippen molar-refractivity contribution >= 4 is 9.84 Å². The highest BCUT2D eigenvalue weighted by Crippen LogP contribution is 2.24. The Hall–Kier alpha value is -0.810. The first kappa shape index (κ1) is 13.3. The summed E-state index contributed by atoms with van der Waals surface area (Å²) in [6.45, 7) is 3.78. The molecule has 0 fully saturated rings. The van der Waals surface area contributed by atoms with Gasteiger partial charge in [-0.3, -0.25) is 0 Å². The van der Waals surface area contributed by atoms with Gasteiger partial charge in [-0.05, 0) is 33.4 Å². The number of hydrogen-bond donors (Lipinski definition) is 1. The van der Waals surface area contributed by atoms with E-state index >= 15 is 0 Å². The van der Waals surface area contributed by atoms with Crippen molar-refractivity contribution in [3.05, 3.63) is 23.2 Å². The Morgan fingerprint density at radius 3 is 2.44 bits per heavy atom. The normalized spacial score (nSPS) is 14.0. The summed E-state index contributed by atoms with van der Waals surface area (Å²) in [5, 5.41) is 3.12. The lowest BCUT2D eigenvalue weighted by molar-refractivity contribution is 0.487. The van der Waals surface area contributed by atoms with Gasteiger partial charge in [0.1, 0.15) is 21.4 Å². The molecule has 0 bridgehead atoms. The predicted octanol–water partition coefficient (Wildman–Crippen LogP) is 1.59. The third kappa shape index (κ3) is 3.64. The number of hydrogen-bond acceptors (Lipinski definition) is 4. The Bertz CT molecular complexity index is 448. The Balaban J connectivity index is 2.79. The Morgan fingerprint density at radius 1 is 1.44 bits per heavy atom. The molecule has 0 spiro atoms. The van der Waals surface area contributed by atoms with Crippen LogP contribution in [-0.2, 0) is 9.84 Å². The van der Waals surface area contributed by atoms with Crippen molar-refractivity contribution in [2.24, 2.45) is 0 Å². The lowest BCUT2D eigenvalue weighted by atomic mass is 10.1. The molecule has 1 heterocycles. The molecule has 5 heteroatoms. The van der Waals surface area contributed by atoms with E-state index in [-0.39, 0.29) is 11.8 Å². The van der Waals surface area contributed by atoms with Crippen molar-refractivity contribution in [2.75, 3.05) is 19.1 Å². The molecule has 1 rings (SSSR count). The highest BCUT2D eigenvalue weighted by molar-refractivity contribution is 7.90. The first-order valence-electron chi connectivity index (χ1n) is 5.25. The second kappa shape index (κ2) is 5.01. The van der Waals surface area contributed by atoms with E-state index in [1.54, 1.807) is 0 Å². The molecule has 0 aliphatic carbocycles. The fourth-order valence-corrected chi connectivity index (χ4v) is 2.45. The average Bonchev–Trinajstić information content (AvgIpc) is 2.45. The van der Waals surface area contributed by atoms with Crippen molar-refractivity contribution < 1.29 is 12.8 Å². The maximum atomic E-state index is 11.1. The van der Waals surface area contributed by atoms with Gasteiger partial charge < -0.3 is 9.73 Å². The van der Waals surface area contributed by atoms with Gasteiger partial charge in [-0.25, -0.2) is 8.42 Å². The van der Waals surface area contributed by atoms with E-state index in [0.717, 1.165) is 17.1 Å². The first-order chi connectivity index (χ1) is 7.33. The number of sulfone groups is 1. The van der Waals surface area contributed by atoms with Gasteiger partial charge in [0, 0.05) is 17.9 Å². The van der Waals surface area contributed by atoms with Crippen LogP contribution in [0.25, 0.3) is 0 Å². The maximum absolute atomic E-state index is 11.1. The lowest BCUT2D eigenvalue weighted by Gasteiger charge is -2.14. The van der Waals surface area contributed by atoms with Gasteiger partial charge in [-0.1, -0.05) is 0 Å². The third-order valence-electron chi connectivity index (χ3n) is 2.58. The molecule has 0 saturated carbocycles. The molecule has 1 aromatic rings. The van der Waals surface area contributed by atoms with Crippen LogP contribution in [0.1, 0.15) is 29.5 Å². The topological polar surface area (TPSA) is 59.3 Å². The first-order valence-corrected chi connectivity index (χ1v) is 7.31. The van der Waals surface area contributed by atoms with Crippen LogP contribution in [0, 0.1) is 13.8 Å². The van der Waals surface area contributed by atoms with Gasteiger partial charge in [-0.2, -0.15) is 0 Å². The minimum atomic E-state index is -2.91. The Kier molecular flexibility index (Phi) is 4.15. The quantitative estimate of drug-likeness (QED) is 0.856. The monoisotopic (exact) mass is 245 g/mol. The van der Waals surface area contributed by atoms with Crippen molar-refractivity contribution in [3.63, 3.8) is 0 Å². The molecule has 4 nitrogen and oxygen atoms in total. The van der Waals surface area contributed by atoms with E-state index < -0.39 is 9.84 Å². The van der Waals surface area contributed by atoms with Gasteiger partial charge in [0.05, 0.1) is 5.75 Å². The molecule has 0 saturated heterocycles. The Labute approximate surface area is 97.0 Å². The summed E-state index contributed by atoms with van der Waals surface area (Å²) in [5.74, 6) is 1.89. The average molecular weight is 245 g/mol. The van der Waals surface area contributed by atoms with Gasteiger partial charge in [0.2, 0.25) is 0 Å². The molecule has 0 aromatic carbocycles. The molecular formula is C11H19NO3S. The van der Waals surface area contributed by atoms with E-state index in [9.17, 15) is 8.42 Å². The maximum Gasteiger partial charge on any atom is 0.147 e. The summed E-state index contributed by atoms with van der Waals surface area (Å²) >= 11 is 0. The van der Waals surface area contributed by atoms with Gasteiger partial charge in [0.25, 0.3) is 0 Å². The van der Waals surface area contributed by atoms with Crippen molar-refractivity contribution in [1.29, 1.82) is 0 Å². The number of nitrogens with one attached hydrogen (secondary N) is 1. The lowest BCUT2D eigenvalue weighted by Crippen LogP contribution is -2.20. The zero-order valence-electron chi connectivity index (χ0n) is 10.2. The van der Waals surface area contributed by atoms with Crippen LogP contribution in [0.3, 0.4) is 0 Å². The van der Waals surface area contributed by atoms with Crippen LogP contribution >= 0.6 is 0 Å². The van der Waals surface area contributed by atoms with Crippen LogP contribution in [0.2, 0.25) is 0 Å². The minimum Gasteiger partial charge on any atom is -0.466 e. The summed E-state index contributed by atoms with van der Waals surface area (Å²) in [4.78, 5) is 0. The molecule has 1 N–H and O–H groups in total. The zero-order chi connectivity index (χ0) is 12.3. The van der Waals surface area contributed by atoms with Crippen LogP contribution < -0.4 is 5.32 Å². The number of rotatable bonds is 5. The van der Waals surface area contributed by atoms with Crippen molar-refractivity contribution in [2.45, 2.75) is 26.3 Å². The predicted molar refractivity (Wildman–Crippen MR) is 64.3 cm³/mol. The van der Waals surface area contributed by atoms with E-state index in [2.05, 4.69) is 5.32 Å². The van der Waals surface area contributed by atoms with Crippen LogP contribution in [0.5, 0.6) is 0 Å². The van der Waals surface area contributed by atoms with Gasteiger partial charge >= 0.3 is 0 Å². The molecule has 0 amide bonds. The van der Waals surface area contributed by atoms with Crippen LogP contribution in [-0.4, -0.2) is 27.5 Å². The summed E-state index contributed by atoms with van der Waals surface area (Å²) in [6.07, 6.45) is 1.82. The molecule has 0 radical (unpaired) electrons. The highest BCUT2D eigenvalue weighted by Gasteiger charge is 2.17. The summed E-state index contributed by atoms with van der Waals surface area (Å²) in [6, 6.07) is 1.99.